The van der Waals surface area contributed by atoms with Crippen LogP contribution in [0.25, 0.3) is 130 Å². The van der Waals surface area contributed by atoms with Crippen LogP contribution in [0, 0.1) is 6.92 Å². The number of aromatic nitrogens is 9. The maximum absolute atomic E-state index is 5.44. The van der Waals surface area contributed by atoms with Crippen molar-refractivity contribution in [3.05, 3.63) is 187 Å². The smallest absolute Gasteiger partial charge is 0.149 e. The summed E-state index contributed by atoms with van der Waals surface area (Å²) in [5.41, 5.74) is 16.7. The Labute approximate surface area is 373 Å². The van der Waals surface area contributed by atoms with E-state index >= 15 is 0 Å². The molecule has 0 aliphatic heterocycles. The van der Waals surface area contributed by atoms with Gasteiger partial charge in [-0.05, 0) is 128 Å². The van der Waals surface area contributed by atoms with Gasteiger partial charge in [0.25, 0.3) is 0 Å². The van der Waals surface area contributed by atoms with Crippen LogP contribution in [0.5, 0.6) is 0 Å². The van der Waals surface area contributed by atoms with Gasteiger partial charge in [-0.3, -0.25) is 13.2 Å². The second kappa shape index (κ2) is 14.6. The lowest BCUT2D eigenvalue weighted by atomic mass is 9.95. The third-order valence-corrected chi connectivity index (χ3v) is 12.2. The van der Waals surface area contributed by atoms with Crippen molar-refractivity contribution >= 4 is 85.1 Å². The highest BCUT2D eigenvalue weighted by Gasteiger charge is 2.23. The minimum absolute atomic E-state index is 0.714. The predicted octanol–water partition coefficient (Wildman–Crippen LogP) is 13.4. The third kappa shape index (κ3) is 5.79. The van der Waals surface area contributed by atoms with E-state index in [1.54, 1.807) is 6.08 Å². The van der Waals surface area contributed by atoms with Crippen LogP contribution in [-0.4, -0.2) is 43.1 Å². The summed E-state index contributed by atoms with van der Waals surface area (Å²) in [5.74, 6) is 2.25. The van der Waals surface area contributed by atoms with Gasteiger partial charge in [0.15, 0.2) is 0 Å². The number of fused-ring (bicyclic) bond motifs is 11. The summed E-state index contributed by atoms with van der Waals surface area (Å²) < 4.78 is 6.48. The fourth-order valence-corrected chi connectivity index (χ4v) is 9.41. The number of benzene rings is 6. The van der Waals surface area contributed by atoms with Gasteiger partial charge in [-0.2, -0.15) is 0 Å². The fraction of sp³-hybridized carbons (Fsp3) is 0.0357. The first-order chi connectivity index (χ1) is 31.9. The number of hydrogen-bond donors (Lipinski definition) is 0. The first kappa shape index (κ1) is 37.9. The highest BCUT2D eigenvalue weighted by molar-refractivity contribution is 6.00. The number of nitrogens with zero attached hydrogens (tertiary/aromatic N) is 9. The van der Waals surface area contributed by atoms with E-state index in [2.05, 4.69) is 119 Å². The number of aryl methyl sites for hydroxylation is 1. The Morgan fingerprint density at radius 1 is 0.431 bits per heavy atom. The van der Waals surface area contributed by atoms with Gasteiger partial charge < -0.3 is 0 Å². The zero-order valence-corrected chi connectivity index (χ0v) is 35.7. The molecule has 308 valence electrons. The molecule has 0 amide bonds. The molecule has 6 aromatic heterocycles. The maximum atomic E-state index is 5.44. The summed E-state index contributed by atoms with van der Waals surface area (Å²) in [5, 5.41) is 1.92. The van der Waals surface area contributed by atoms with E-state index in [1.807, 2.05) is 85.8 Å². The molecule has 6 aromatic carbocycles. The van der Waals surface area contributed by atoms with Gasteiger partial charge in [-0.15, -0.1) is 0 Å². The summed E-state index contributed by atoms with van der Waals surface area (Å²) in [6.45, 7) is 16.6. The molecule has 9 nitrogen and oxygen atoms in total. The van der Waals surface area contributed by atoms with Gasteiger partial charge in [-0.25, -0.2) is 29.9 Å². The number of allylic oxidation sites excluding steroid dienone is 1. The number of hydrogen-bond acceptors (Lipinski definition) is 6. The molecule has 12 rings (SSSR count). The Bertz CT molecular complexity index is 4050. The summed E-state index contributed by atoms with van der Waals surface area (Å²) in [4.78, 5) is 31.6. The molecular weight excluding hydrogens is 799 g/mol. The Morgan fingerprint density at radius 3 is 1.49 bits per heavy atom. The summed E-state index contributed by atoms with van der Waals surface area (Å²) >= 11 is 0. The molecule has 0 radical (unpaired) electrons. The van der Waals surface area contributed by atoms with E-state index in [4.69, 9.17) is 29.9 Å². The van der Waals surface area contributed by atoms with Gasteiger partial charge in [0.1, 0.15) is 34.4 Å². The van der Waals surface area contributed by atoms with Crippen molar-refractivity contribution in [3.8, 4) is 45.3 Å². The number of rotatable bonds is 8. The summed E-state index contributed by atoms with van der Waals surface area (Å²) in [6.07, 6.45) is 9.49. The second-order valence-electron chi connectivity index (χ2n) is 16.2. The molecule has 0 saturated heterocycles. The van der Waals surface area contributed by atoms with Crippen LogP contribution in [0.3, 0.4) is 0 Å². The van der Waals surface area contributed by atoms with E-state index in [-0.39, 0.29) is 0 Å². The zero-order valence-electron chi connectivity index (χ0n) is 35.7. The van der Waals surface area contributed by atoms with Crippen LogP contribution in [0.1, 0.15) is 35.1 Å². The molecule has 6 heterocycles. The van der Waals surface area contributed by atoms with Crippen LogP contribution in [0.15, 0.2) is 159 Å². The van der Waals surface area contributed by atoms with Gasteiger partial charge in [-0.1, -0.05) is 86.5 Å². The van der Waals surface area contributed by atoms with Crippen molar-refractivity contribution in [2.75, 3.05) is 0 Å². The summed E-state index contributed by atoms with van der Waals surface area (Å²) in [6, 6.07) is 46.0. The monoisotopic (exact) mass is 837 g/mol. The Morgan fingerprint density at radius 2 is 0.892 bits per heavy atom. The molecule has 0 aliphatic carbocycles. The van der Waals surface area contributed by atoms with E-state index in [0.29, 0.717) is 5.69 Å². The fourth-order valence-electron chi connectivity index (χ4n) is 9.41. The van der Waals surface area contributed by atoms with Gasteiger partial charge >= 0.3 is 0 Å². The average Bonchev–Trinajstić information content (AvgIpc) is 4.05. The Kier molecular flexibility index (Phi) is 8.54. The molecule has 0 spiro atoms. The molecule has 0 bridgehead atoms. The first-order valence-corrected chi connectivity index (χ1v) is 21.5. The molecule has 12 aromatic rings. The molecule has 0 atom stereocenters. The highest BCUT2D eigenvalue weighted by atomic mass is 15.1. The van der Waals surface area contributed by atoms with Crippen molar-refractivity contribution in [2.24, 2.45) is 0 Å². The molecule has 0 fully saturated rings. The SMILES string of the molecule is C=Cc1nc(-c2cc(C)cc(-c3cc(-c4nc5ccccc5c5nc(C=C)c(/C=C\C)n45)cc(-c4nc5ccccc5c5nc6ccccc6n45)c3)c2)n2c(nc3ccccc32)c1C=C. The minimum Gasteiger partial charge on any atom is -0.276 e. The Balaban J connectivity index is 1.19. The lowest BCUT2D eigenvalue weighted by molar-refractivity contribution is 1.11. The van der Waals surface area contributed by atoms with Gasteiger partial charge in [0, 0.05) is 33.0 Å². The average molecular weight is 838 g/mol. The van der Waals surface area contributed by atoms with Crippen molar-refractivity contribution in [1.82, 2.24) is 43.1 Å². The highest BCUT2D eigenvalue weighted by Crippen LogP contribution is 2.39. The predicted molar refractivity (Wildman–Crippen MR) is 268 cm³/mol. The molecule has 0 saturated carbocycles. The number of imidazole rings is 3. The summed E-state index contributed by atoms with van der Waals surface area (Å²) in [7, 11) is 0. The van der Waals surface area contributed by atoms with Crippen molar-refractivity contribution in [1.29, 1.82) is 0 Å². The molecule has 0 N–H and O–H groups in total. The minimum atomic E-state index is 0.714. The quantitative estimate of drug-likeness (QED) is 0.151. The van der Waals surface area contributed by atoms with E-state index in [0.717, 1.165) is 129 Å². The second-order valence-corrected chi connectivity index (χ2v) is 16.2. The molecule has 9 heteroatoms. The van der Waals surface area contributed by atoms with E-state index in [1.165, 1.54) is 0 Å². The number of para-hydroxylation sites is 6. The maximum Gasteiger partial charge on any atom is 0.149 e. The molecular formula is C56H39N9. The van der Waals surface area contributed by atoms with Crippen LogP contribution in [0.4, 0.5) is 0 Å². The third-order valence-electron chi connectivity index (χ3n) is 12.2. The van der Waals surface area contributed by atoms with Crippen molar-refractivity contribution in [2.45, 2.75) is 13.8 Å². The van der Waals surface area contributed by atoms with Crippen molar-refractivity contribution in [3.63, 3.8) is 0 Å². The lowest BCUT2D eigenvalue weighted by Gasteiger charge is -2.16. The van der Waals surface area contributed by atoms with Crippen molar-refractivity contribution < 1.29 is 0 Å². The van der Waals surface area contributed by atoms with E-state index < -0.39 is 0 Å². The Hall–Kier alpha value is -8.82. The van der Waals surface area contributed by atoms with Gasteiger partial charge in [0.05, 0.1) is 50.2 Å². The first-order valence-electron chi connectivity index (χ1n) is 21.5. The van der Waals surface area contributed by atoms with E-state index in [9.17, 15) is 0 Å². The molecule has 65 heavy (non-hydrogen) atoms. The lowest BCUT2D eigenvalue weighted by Crippen LogP contribution is -2.03. The van der Waals surface area contributed by atoms with Crippen LogP contribution in [-0.2, 0) is 0 Å². The standard InChI is InChI=1S/C56H39N9/c1-6-18-48-43(9-4)58-55-40-19-10-12-21-44(40)59-52(63(48)55)37-30-35(31-38(32-37)53-60-45-22-13-11-20-41(45)56-62-47-24-15-17-26-50(47)65(53)56)34-27-33(5)28-36(29-34)51-57-42(8-3)39(7-2)54-61-46-23-14-16-25-49(46)64(51)54/h6-32H,2-4H2,1,5H3/b18-6-. The van der Waals surface area contributed by atoms with Gasteiger partial charge in [0.2, 0.25) is 0 Å². The largest absolute Gasteiger partial charge is 0.276 e. The van der Waals surface area contributed by atoms with Crippen LogP contribution in [0.2, 0.25) is 0 Å². The zero-order chi connectivity index (χ0) is 43.9. The van der Waals surface area contributed by atoms with Crippen LogP contribution < -0.4 is 0 Å². The normalized spacial score (nSPS) is 12.0. The molecule has 0 unspecified atom stereocenters. The molecule has 0 aliphatic rings. The topological polar surface area (TPSA) is 90.6 Å². The van der Waals surface area contributed by atoms with Crippen LogP contribution >= 0.6 is 0 Å².